The Morgan fingerprint density at radius 1 is 1.41 bits per heavy atom. The first kappa shape index (κ1) is 13.2. The van der Waals surface area contributed by atoms with Crippen LogP contribution in [0.4, 0.5) is 13.6 Å². The van der Waals surface area contributed by atoms with Crippen LogP contribution in [0.3, 0.4) is 0 Å². The molecule has 6 heteroatoms. The monoisotopic (exact) mass is 244 g/mol. The summed E-state index contributed by atoms with van der Waals surface area (Å²) in [6.07, 6.45) is 0. The smallest absolute Gasteiger partial charge is 0.317 e. The van der Waals surface area contributed by atoms with Gasteiger partial charge in [-0.2, -0.15) is 0 Å². The highest BCUT2D eigenvalue weighted by Crippen LogP contribution is 2.21. The lowest BCUT2D eigenvalue weighted by Gasteiger charge is -2.17. The van der Waals surface area contributed by atoms with Crippen molar-refractivity contribution in [3.05, 3.63) is 29.3 Å². The zero-order chi connectivity index (χ0) is 13.0. The Morgan fingerprint density at radius 2 is 2.06 bits per heavy atom. The average molecular weight is 244 g/mol. The fourth-order valence-electron chi connectivity index (χ4n) is 1.37. The minimum absolute atomic E-state index is 0.0214. The third kappa shape index (κ3) is 3.05. The summed E-state index contributed by atoms with van der Waals surface area (Å²) in [7, 11) is 4.21. The van der Waals surface area contributed by atoms with E-state index in [1.807, 2.05) is 0 Å². The van der Waals surface area contributed by atoms with E-state index in [4.69, 9.17) is 0 Å². The molecule has 0 heterocycles. The number of carbonyl (C=O) groups excluding carboxylic acids is 1. The maximum atomic E-state index is 13.5. The molecule has 1 aromatic carbocycles. The summed E-state index contributed by atoms with van der Waals surface area (Å²) < 4.78 is 31.5. The van der Waals surface area contributed by atoms with Crippen LogP contribution in [0.1, 0.15) is 5.56 Å². The molecule has 0 fully saturated rings. The van der Waals surface area contributed by atoms with Crippen LogP contribution in [0.25, 0.3) is 0 Å². The van der Waals surface area contributed by atoms with Crippen molar-refractivity contribution < 1.29 is 18.3 Å². The van der Waals surface area contributed by atoms with Crippen LogP contribution in [0.15, 0.2) is 12.1 Å². The standard InChI is InChI=1S/C11H14F2N2O2/c1-14-11(16)15(2)6-7-4-9(13)10(17-3)5-8(7)12/h4-5H,6H2,1-3H3,(H,14,16). The molecule has 0 atom stereocenters. The summed E-state index contributed by atoms with van der Waals surface area (Å²) in [4.78, 5) is 12.4. The minimum Gasteiger partial charge on any atom is -0.494 e. The number of ether oxygens (including phenoxy) is 1. The number of nitrogens with zero attached hydrogens (tertiary/aromatic N) is 1. The molecule has 1 N–H and O–H groups in total. The lowest BCUT2D eigenvalue weighted by Crippen LogP contribution is -2.34. The molecule has 1 rings (SSSR count). The highest BCUT2D eigenvalue weighted by atomic mass is 19.1. The van der Waals surface area contributed by atoms with E-state index in [0.717, 1.165) is 12.1 Å². The van der Waals surface area contributed by atoms with Crippen molar-refractivity contribution in [2.75, 3.05) is 21.2 Å². The number of methoxy groups -OCH3 is 1. The average Bonchev–Trinajstić information content (AvgIpc) is 2.32. The van der Waals surface area contributed by atoms with Gasteiger partial charge in [0.25, 0.3) is 0 Å². The molecular weight excluding hydrogens is 230 g/mol. The Bertz CT molecular complexity index is 424. The molecule has 2 amide bonds. The van der Waals surface area contributed by atoms with Crippen LogP contribution >= 0.6 is 0 Å². The molecule has 0 spiro atoms. The second-order valence-corrected chi connectivity index (χ2v) is 3.49. The van der Waals surface area contributed by atoms with E-state index in [9.17, 15) is 13.6 Å². The van der Waals surface area contributed by atoms with Crippen LogP contribution in [0, 0.1) is 11.6 Å². The van der Waals surface area contributed by atoms with Gasteiger partial charge in [0.05, 0.1) is 13.7 Å². The second-order valence-electron chi connectivity index (χ2n) is 3.49. The number of halogens is 2. The number of amides is 2. The van der Waals surface area contributed by atoms with E-state index in [0.29, 0.717) is 0 Å². The van der Waals surface area contributed by atoms with Gasteiger partial charge in [-0.3, -0.25) is 0 Å². The third-order valence-corrected chi connectivity index (χ3v) is 2.29. The fourth-order valence-corrected chi connectivity index (χ4v) is 1.37. The Balaban J connectivity index is 2.92. The van der Waals surface area contributed by atoms with Gasteiger partial charge in [0.2, 0.25) is 0 Å². The molecule has 17 heavy (non-hydrogen) atoms. The molecule has 0 aliphatic carbocycles. The SMILES string of the molecule is CNC(=O)N(C)Cc1cc(F)c(OC)cc1F. The maximum Gasteiger partial charge on any atom is 0.317 e. The summed E-state index contributed by atoms with van der Waals surface area (Å²) in [6.45, 7) is -0.0214. The molecule has 1 aromatic rings. The molecule has 0 aliphatic rings. The number of hydrogen-bond acceptors (Lipinski definition) is 2. The van der Waals surface area contributed by atoms with Crippen molar-refractivity contribution in [3.63, 3.8) is 0 Å². The van der Waals surface area contributed by atoms with Gasteiger partial charge in [0, 0.05) is 25.7 Å². The van der Waals surface area contributed by atoms with Gasteiger partial charge in [-0.15, -0.1) is 0 Å². The fraction of sp³-hybridized carbons (Fsp3) is 0.364. The first-order valence-electron chi connectivity index (χ1n) is 4.94. The predicted octanol–water partition coefficient (Wildman–Crippen LogP) is 1.74. The molecular formula is C11H14F2N2O2. The highest BCUT2D eigenvalue weighted by molar-refractivity contribution is 5.73. The van der Waals surface area contributed by atoms with Crippen LogP contribution in [0.5, 0.6) is 5.75 Å². The topological polar surface area (TPSA) is 41.6 Å². The van der Waals surface area contributed by atoms with Gasteiger partial charge in [-0.1, -0.05) is 0 Å². The number of benzene rings is 1. The van der Waals surface area contributed by atoms with Crippen molar-refractivity contribution in [3.8, 4) is 5.75 Å². The van der Waals surface area contributed by atoms with Gasteiger partial charge in [-0.05, 0) is 6.07 Å². The number of hydrogen-bond donors (Lipinski definition) is 1. The molecule has 0 saturated heterocycles. The van der Waals surface area contributed by atoms with E-state index in [1.165, 1.54) is 26.1 Å². The van der Waals surface area contributed by atoms with Gasteiger partial charge >= 0.3 is 6.03 Å². The first-order chi connectivity index (χ1) is 7.99. The van der Waals surface area contributed by atoms with Crippen molar-refractivity contribution in [2.24, 2.45) is 0 Å². The van der Waals surface area contributed by atoms with Crippen LogP contribution < -0.4 is 10.1 Å². The summed E-state index contributed by atoms with van der Waals surface area (Å²) >= 11 is 0. The van der Waals surface area contributed by atoms with Gasteiger partial charge in [-0.25, -0.2) is 13.6 Å². The second kappa shape index (κ2) is 5.47. The normalized spacial score (nSPS) is 9.94. The Labute approximate surface area is 98.2 Å². The molecule has 0 radical (unpaired) electrons. The Kier molecular flexibility index (Phi) is 4.25. The molecule has 94 valence electrons. The number of nitrogens with one attached hydrogen (secondary N) is 1. The van der Waals surface area contributed by atoms with Crippen molar-refractivity contribution >= 4 is 6.03 Å². The molecule has 0 unspecified atom stereocenters. The highest BCUT2D eigenvalue weighted by Gasteiger charge is 2.14. The lowest BCUT2D eigenvalue weighted by molar-refractivity contribution is 0.208. The van der Waals surface area contributed by atoms with E-state index < -0.39 is 11.6 Å². The van der Waals surface area contributed by atoms with Crippen LogP contribution in [-0.4, -0.2) is 32.1 Å². The Hall–Kier alpha value is -1.85. The minimum atomic E-state index is -0.658. The summed E-state index contributed by atoms with van der Waals surface area (Å²) in [5.41, 5.74) is 0.0920. The van der Waals surface area contributed by atoms with Gasteiger partial charge in [0.15, 0.2) is 11.6 Å². The largest absolute Gasteiger partial charge is 0.494 e. The summed E-state index contributed by atoms with van der Waals surface area (Å²) in [5, 5.41) is 2.39. The van der Waals surface area contributed by atoms with Crippen molar-refractivity contribution in [1.82, 2.24) is 10.2 Å². The lowest BCUT2D eigenvalue weighted by atomic mass is 10.2. The van der Waals surface area contributed by atoms with Crippen LogP contribution in [-0.2, 0) is 6.54 Å². The zero-order valence-corrected chi connectivity index (χ0v) is 9.88. The van der Waals surface area contributed by atoms with E-state index in [2.05, 4.69) is 10.1 Å². The Morgan fingerprint density at radius 3 is 2.59 bits per heavy atom. The number of carbonyl (C=O) groups is 1. The molecule has 0 aromatic heterocycles. The zero-order valence-electron chi connectivity index (χ0n) is 9.88. The summed E-state index contributed by atoms with van der Waals surface area (Å²) in [6, 6.07) is 1.61. The van der Waals surface area contributed by atoms with Gasteiger partial charge < -0.3 is 15.0 Å². The summed E-state index contributed by atoms with van der Waals surface area (Å²) in [5.74, 6) is -1.43. The molecule has 0 saturated carbocycles. The quantitative estimate of drug-likeness (QED) is 0.880. The molecule has 0 bridgehead atoms. The number of rotatable bonds is 3. The third-order valence-electron chi connectivity index (χ3n) is 2.29. The van der Waals surface area contributed by atoms with Crippen molar-refractivity contribution in [1.29, 1.82) is 0 Å². The number of urea groups is 1. The first-order valence-corrected chi connectivity index (χ1v) is 4.94. The van der Waals surface area contributed by atoms with E-state index in [-0.39, 0.29) is 23.9 Å². The van der Waals surface area contributed by atoms with Gasteiger partial charge in [0.1, 0.15) is 5.82 Å². The van der Waals surface area contributed by atoms with E-state index in [1.54, 1.807) is 0 Å². The van der Waals surface area contributed by atoms with Crippen molar-refractivity contribution in [2.45, 2.75) is 6.54 Å². The van der Waals surface area contributed by atoms with Crippen LogP contribution in [0.2, 0.25) is 0 Å². The molecule has 0 aliphatic heterocycles. The maximum absolute atomic E-state index is 13.5. The predicted molar refractivity (Wildman–Crippen MR) is 58.8 cm³/mol. The van der Waals surface area contributed by atoms with E-state index >= 15 is 0 Å². The molecule has 4 nitrogen and oxygen atoms in total.